The van der Waals surface area contributed by atoms with E-state index >= 15 is 0 Å². The van der Waals surface area contributed by atoms with Crippen LogP contribution in [-0.2, 0) is 16.0 Å². The molecule has 1 unspecified atom stereocenters. The highest BCUT2D eigenvalue weighted by Crippen LogP contribution is 2.27. The number of hydrogen-bond donors (Lipinski definition) is 2. The fourth-order valence-electron chi connectivity index (χ4n) is 2.05. The van der Waals surface area contributed by atoms with Crippen molar-refractivity contribution >= 4 is 17.6 Å². The molecule has 0 saturated heterocycles. The first kappa shape index (κ1) is 13.4. The molecule has 19 heavy (non-hydrogen) atoms. The molecule has 0 aromatic heterocycles. The zero-order chi connectivity index (χ0) is 14.0. The Hall–Kier alpha value is -2.04. The predicted octanol–water partition coefficient (Wildman–Crippen LogP) is 2.06. The Balaban J connectivity index is 2.18. The molecule has 1 aromatic rings. The molecular formula is C14H17NO4. The minimum Gasteiger partial charge on any atom is -0.478 e. The number of carbonyl (C=O) groups excluding carboxylic acids is 1. The van der Waals surface area contributed by atoms with E-state index in [0.717, 1.165) is 11.3 Å². The summed E-state index contributed by atoms with van der Waals surface area (Å²) < 4.78 is 5.52. The van der Waals surface area contributed by atoms with E-state index in [9.17, 15) is 9.59 Å². The van der Waals surface area contributed by atoms with Gasteiger partial charge in [-0.3, -0.25) is 4.79 Å². The fraction of sp³-hybridized carbons (Fsp3) is 0.429. The molecule has 1 aliphatic rings. The minimum atomic E-state index is -0.971. The van der Waals surface area contributed by atoms with E-state index in [-0.39, 0.29) is 11.8 Å². The average Bonchev–Trinajstić information content (AvgIpc) is 2.35. The summed E-state index contributed by atoms with van der Waals surface area (Å²) in [5, 5.41) is 11.9. The van der Waals surface area contributed by atoms with Crippen LogP contribution in [-0.4, -0.2) is 23.1 Å². The van der Waals surface area contributed by atoms with Crippen molar-refractivity contribution in [3.63, 3.8) is 0 Å². The molecule has 0 fully saturated rings. The summed E-state index contributed by atoms with van der Waals surface area (Å²) in [5.41, 5.74) is 1.75. The quantitative estimate of drug-likeness (QED) is 0.871. The Morgan fingerprint density at radius 1 is 1.37 bits per heavy atom. The first-order valence-corrected chi connectivity index (χ1v) is 6.29. The SMILES string of the molecule is CC(C)C(Oc1ccc2c(c1)CCC(=O)N2)C(=O)O. The first-order chi connectivity index (χ1) is 8.97. The molecule has 5 heteroatoms. The number of amides is 1. The molecule has 0 bridgehead atoms. The van der Waals surface area contributed by atoms with Gasteiger partial charge < -0.3 is 15.2 Å². The van der Waals surface area contributed by atoms with Gasteiger partial charge in [0.25, 0.3) is 0 Å². The molecule has 1 heterocycles. The van der Waals surface area contributed by atoms with Crippen molar-refractivity contribution in [1.29, 1.82) is 0 Å². The maximum Gasteiger partial charge on any atom is 0.345 e. The van der Waals surface area contributed by atoms with E-state index in [1.807, 2.05) is 0 Å². The molecule has 0 radical (unpaired) electrons. The van der Waals surface area contributed by atoms with Gasteiger partial charge in [0.05, 0.1) is 0 Å². The molecule has 5 nitrogen and oxygen atoms in total. The van der Waals surface area contributed by atoms with Gasteiger partial charge in [-0.05, 0) is 30.2 Å². The lowest BCUT2D eigenvalue weighted by molar-refractivity contribution is -0.147. The topological polar surface area (TPSA) is 75.6 Å². The second kappa shape index (κ2) is 5.30. The molecule has 102 valence electrons. The highest BCUT2D eigenvalue weighted by atomic mass is 16.5. The number of nitrogens with one attached hydrogen (secondary N) is 1. The van der Waals surface area contributed by atoms with Crippen LogP contribution in [0.15, 0.2) is 18.2 Å². The van der Waals surface area contributed by atoms with Gasteiger partial charge in [-0.25, -0.2) is 4.79 Å². The number of hydrogen-bond acceptors (Lipinski definition) is 3. The lowest BCUT2D eigenvalue weighted by Gasteiger charge is -2.21. The van der Waals surface area contributed by atoms with E-state index in [0.29, 0.717) is 18.6 Å². The highest BCUT2D eigenvalue weighted by Gasteiger charge is 2.24. The highest BCUT2D eigenvalue weighted by molar-refractivity contribution is 5.94. The summed E-state index contributed by atoms with van der Waals surface area (Å²) in [6.07, 6.45) is 0.233. The second-order valence-corrected chi connectivity index (χ2v) is 4.99. The normalized spacial score (nSPS) is 15.6. The minimum absolute atomic E-state index is 0.00626. The number of anilines is 1. The van der Waals surface area contributed by atoms with Crippen molar-refractivity contribution in [3.05, 3.63) is 23.8 Å². The number of carboxylic acid groups (broad SMARTS) is 1. The number of carboxylic acids is 1. The van der Waals surface area contributed by atoms with E-state index < -0.39 is 12.1 Å². The second-order valence-electron chi connectivity index (χ2n) is 4.99. The van der Waals surface area contributed by atoms with Crippen LogP contribution < -0.4 is 10.1 Å². The molecular weight excluding hydrogens is 246 g/mol. The lowest BCUT2D eigenvalue weighted by atomic mass is 10.0. The van der Waals surface area contributed by atoms with Gasteiger partial charge in [-0.15, -0.1) is 0 Å². The third kappa shape index (κ3) is 3.05. The van der Waals surface area contributed by atoms with E-state index in [1.54, 1.807) is 32.0 Å². The fourth-order valence-corrected chi connectivity index (χ4v) is 2.05. The van der Waals surface area contributed by atoms with Gasteiger partial charge >= 0.3 is 5.97 Å². The Morgan fingerprint density at radius 3 is 2.74 bits per heavy atom. The zero-order valence-electron chi connectivity index (χ0n) is 11.0. The van der Waals surface area contributed by atoms with Crippen molar-refractivity contribution in [2.45, 2.75) is 32.8 Å². The van der Waals surface area contributed by atoms with Crippen LogP contribution in [0.25, 0.3) is 0 Å². The van der Waals surface area contributed by atoms with Gasteiger partial charge in [0.2, 0.25) is 5.91 Å². The third-order valence-electron chi connectivity index (χ3n) is 3.08. The molecule has 0 spiro atoms. The predicted molar refractivity (Wildman–Crippen MR) is 70.3 cm³/mol. The third-order valence-corrected chi connectivity index (χ3v) is 3.08. The van der Waals surface area contributed by atoms with Crippen LogP contribution in [0.2, 0.25) is 0 Å². The number of aryl methyl sites for hydroxylation is 1. The summed E-state index contributed by atoms with van der Waals surface area (Å²) in [4.78, 5) is 22.3. The molecule has 2 rings (SSSR count). The Kier molecular flexibility index (Phi) is 3.74. The van der Waals surface area contributed by atoms with Gasteiger partial charge in [0, 0.05) is 18.0 Å². The summed E-state index contributed by atoms with van der Waals surface area (Å²) in [6.45, 7) is 3.61. The maximum atomic E-state index is 11.2. The Labute approximate surface area is 111 Å². The van der Waals surface area contributed by atoms with Gasteiger partial charge in [-0.2, -0.15) is 0 Å². The van der Waals surface area contributed by atoms with E-state index in [1.165, 1.54) is 0 Å². The van der Waals surface area contributed by atoms with Crippen molar-refractivity contribution < 1.29 is 19.4 Å². The van der Waals surface area contributed by atoms with E-state index in [2.05, 4.69) is 5.32 Å². The van der Waals surface area contributed by atoms with Crippen LogP contribution in [0.1, 0.15) is 25.8 Å². The number of benzene rings is 1. The van der Waals surface area contributed by atoms with Crippen LogP contribution in [0, 0.1) is 5.92 Å². The van der Waals surface area contributed by atoms with Gasteiger partial charge in [0.15, 0.2) is 6.10 Å². The number of aliphatic carboxylic acids is 1. The largest absolute Gasteiger partial charge is 0.478 e. The van der Waals surface area contributed by atoms with E-state index in [4.69, 9.17) is 9.84 Å². The Bertz CT molecular complexity index is 510. The summed E-state index contributed by atoms with van der Waals surface area (Å²) >= 11 is 0. The number of ether oxygens (including phenoxy) is 1. The van der Waals surface area contributed by atoms with Crippen molar-refractivity contribution in [1.82, 2.24) is 0 Å². The van der Waals surface area contributed by atoms with Crippen molar-refractivity contribution in [2.24, 2.45) is 5.92 Å². The molecule has 1 atom stereocenters. The molecule has 1 aromatic carbocycles. The summed E-state index contributed by atoms with van der Waals surface area (Å²) in [5.74, 6) is -0.558. The average molecular weight is 263 g/mol. The first-order valence-electron chi connectivity index (χ1n) is 6.29. The van der Waals surface area contributed by atoms with Crippen LogP contribution in [0.5, 0.6) is 5.75 Å². The van der Waals surface area contributed by atoms with Crippen LogP contribution in [0.3, 0.4) is 0 Å². The van der Waals surface area contributed by atoms with Gasteiger partial charge in [0.1, 0.15) is 5.75 Å². The molecule has 0 saturated carbocycles. The van der Waals surface area contributed by atoms with Crippen molar-refractivity contribution in [2.75, 3.05) is 5.32 Å². The standard InChI is InChI=1S/C14H17NO4/c1-8(2)13(14(17)18)19-10-4-5-11-9(7-10)3-6-12(16)15-11/h4-5,7-8,13H,3,6H2,1-2H3,(H,15,16)(H,17,18). The number of rotatable bonds is 4. The zero-order valence-corrected chi connectivity index (χ0v) is 11.0. The molecule has 1 amide bonds. The van der Waals surface area contributed by atoms with Crippen LogP contribution >= 0.6 is 0 Å². The molecule has 1 aliphatic heterocycles. The lowest BCUT2D eigenvalue weighted by Crippen LogP contribution is -2.32. The molecule has 0 aliphatic carbocycles. The number of fused-ring (bicyclic) bond motifs is 1. The monoisotopic (exact) mass is 263 g/mol. The summed E-state index contributed by atoms with van der Waals surface area (Å²) in [6, 6.07) is 5.23. The van der Waals surface area contributed by atoms with Crippen molar-refractivity contribution in [3.8, 4) is 5.75 Å². The van der Waals surface area contributed by atoms with Crippen LogP contribution in [0.4, 0.5) is 5.69 Å². The maximum absolute atomic E-state index is 11.2. The number of carbonyl (C=O) groups is 2. The van der Waals surface area contributed by atoms with Gasteiger partial charge in [-0.1, -0.05) is 13.8 Å². The molecule has 2 N–H and O–H groups in total. The summed E-state index contributed by atoms with van der Waals surface area (Å²) in [7, 11) is 0. The smallest absolute Gasteiger partial charge is 0.345 e. The Morgan fingerprint density at radius 2 is 2.11 bits per heavy atom.